The maximum absolute atomic E-state index is 13.3. The van der Waals surface area contributed by atoms with Gasteiger partial charge in [-0.3, -0.25) is 9.59 Å². The van der Waals surface area contributed by atoms with Gasteiger partial charge >= 0.3 is 0 Å². The fourth-order valence-electron chi connectivity index (χ4n) is 3.18. The zero-order valence-corrected chi connectivity index (χ0v) is 18.7. The molecule has 1 aliphatic rings. The van der Waals surface area contributed by atoms with Crippen molar-refractivity contribution >= 4 is 11.8 Å². The van der Waals surface area contributed by atoms with Crippen LogP contribution in [0.2, 0.25) is 0 Å². The Hall–Kier alpha value is -2.67. The Kier molecular flexibility index (Phi) is 8.80. The van der Waals surface area contributed by atoms with Crippen LogP contribution >= 0.6 is 0 Å². The summed E-state index contributed by atoms with van der Waals surface area (Å²) in [6, 6.07) is 1.16. The van der Waals surface area contributed by atoms with Gasteiger partial charge in [0.05, 0.1) is 19.2 Å². The van der Waals surface area contributed by atoms with Crippen molar-refractivity contribution in [3.63, 3.8) is 0 Å². The molecular weight excluding hydrogens is 402 g/mol. The molecule has 1 aromatic rings. The summed E-state index contributed by atoms with van der Waals surface area (Å²) in [5.74, 6) is 4.91. The van der Waals surface area contributed by atoms with Crippen molar-refractivity contribution < 1.29 is 29.3 Å². The number of carbonyl (C=O) groups excluding carboxylic acids is 2. The highest BCUT2D eigenvalue weighted by Gasteiger charge is 2.34. The monoisotopic (exact) mass is 433 g/mol. The summed E-state index contributed by atoms with van der Waals surface area (Å²) in [4.78, 5) is 32.8. The maximum Gasteiger partial charge on any atom is 0.259 e. The van der Waals surface area contributed by atoms with Gasteiger partial charge < -0.3 is 29.5 Å². The van der Waals surface area contributed by atoms with Crippen molar-refractivity contribution in [2.75, 3.05) is 40.5 Å². The quantitative estimate of drug-likeness (QED) is 0.614. The van der Waals surface area contributed by atoms with E-state index in [-0.39, 0.29) is 48.9 Å². The number of carbonyl (C=O) groups is 2. The van der Waals surface area contributed by atoms with Gasteiger partial charge in [0.1, 0.15) is 24.4 Å². The first kappa shape index (κ1) is 24.6. The molecule has 0 saturated carbocycles. The normalized spacial score (nSPS) is 20.4. The summed E-state index contributed by atoms with van der Waals surface area (Å²) in [6.07, 6.45) is 0.225. The molecular formula is C22H31N3O6. The first-order valence-corrected chi connectivity index (χ1v) is 10.2. The number of amides is 2. The van der Waals surface area contributed by atoms with Crippen LogP contribution in [-0.4, -0.2) is 95.5 Å². The molecule has 0 aromatic carbocycles. The third-order valence-electron chi connectivity index (χ3n) is 5.09. The average molecular weight is 434 g/mol. The number of aromatic nitrogens is 1. The minimum Gasteiger partial charge on any atom is -0.472 e. The summed E-state index contributed by atoms with van der Waals surface area (Å²) in [5.41, 5.74) is 0.686. The lowest BCUT2D eigenvalue weighted by molar-refractivity contribution is -0.135. The topological polar surface area (TPSA) is 112 Å². The third kappa shape index (κ3) is 6.40. The number of hydrogen-bond acceptors (Lipinski definition) is 7. The van der Waals surface area contributed by atoms with Gasteiger partial charge in [-0.1, -0.05) is 18.8 Å². The number of aliphatic hydroxyl groups is 2. The second-order valence-electron chi connectivity index (χ2n) is 7.85. The summed E-state index contributed by atoms with van der Waals surface area (Å²) >= 11 is 0. The number of nitrogens with zero attached hydrogens (tertiary/aromatic N) is 3. The van der Waals surface area contributed by atoms with E-state index in [1.165, 1.54) is 18.2 Å². The molecule has 1 aromatic heterocycles. The fraction of sp³-hybridized carbons (Fsp3) is 0.591. The Balaban J connectivity index is 2.44. The van der Waals surface area contributed by atoms with E-state index >= 15 is 0 Å². The molecule has 2 rings (SSSR count). The fourth-order valence-corrected chi connectivity index (χ4v) is 3.18. The van der Waals surface area contributed by atoms with E-state index in [4.69, 9.17) is 9.47 Å². The lowest BCUT2D eigenvalue weighted by Gasteiger charge is -2.37. The number of likely N-dealkylation sites (N-methyl/N-ethyl adjacent to an activating group) is 1. The van der Waals surface area contributed by atoms with Crippen LogP contribution in [0.15, 0.2) is 12.3 Å². The highest BCUT2D eigenvalue weighted by atomic mass is 16.5. The molecule has 1 aliphatic heterocycles. The molecule has 0 bridgehead atoms. The largest absolute Gasteiger partial charge is 0.472 e. The first-order valence-electron chi connectivity index (χ1n) is 10.2. The Morgan fingerprint density at radius 1 is 1.48 bits per heavy atom. The van der Waals surface area contributed by atoms with E-state index in [0.717, 1.165) is 0 Å². The van der Waals surface area contributed by atoms with Crippen molar-refractivity contribution in [1.82, 2.24) is 14.8 Å². The van der Waals surface area contributed by atoms with Gasteiger partial charge in [0.2, 0.25) is 11.8 Å². The van der Waals surface area contributed by atoms with Gasteiger partial charge in [0.25, 0.3) is 5.91 Å². The minimum atomic E-state index is -0.815. The molecule has 0 unspecified atom stereocenters. The third-order valence-corrected chi connectivity index (χ3v) is 5.09. The van der Waals surface area contributed by atoms with E-state index in [1.807, 2.05) is 6.92 Å². The van der Waals surface area contributed by atoms with Crippen molar-refractivity contribution in [3.05, 3.63) is 23.4 Å². The van der Waals surface area contributed by atoms with E-state index in [2.05, 4.69) is 16.8 Å². The SMILES string of the molecule is COCC(=O)N(C)C[C@H]1Oc2ncc(C#C[C@@H](C)O)cc2C(=O)N([C@H](C)CO)C[C@@H]1C. The second kappa shape index (κ2) is 11.1. The Morgan fingerprint density at radius 2 is 2.19 bits per heavy atom. The molecule has 2 N–H and O–H groups in total. The van der Waals surface area contributed by atoms with Crippen LogP contribution in [0.5, 0.6) is 5.88 Å². The van der Waals surface area contributed by atoms with Crippen molar-refractivity contribution in [2.24, 2.45) is 5.92 Å². The van der Waals surface area contributed by atoms with Gasteiger partial charge in [-0.15, -0.1) is 0 Å². The van der Waals surface area contributed by atoms with Crippen LogP contribution in [0.4, 0.5) is 0 Å². The van der Waals surface area contributed by atoms with Crippen molar-refractivity contribution in [3.8, 4) is 17.7 Å². The van der Waals surface area contributed by atoms with Gasteiger partial charge in [-0.25, -0.2) is 4.98 Å². The number of ether oxygens (including phenoxy) is 2. The van der Waals surface area contributed by atoms with E-state index in [1.54, 1.807) is 31.9 Å². The van der Waals surface area contributed by atoms with Gasteiger partial charge in [-0.2, -0.15) is 0 Å². The lowest BCUT2D eigenvalue weighted by atomic mass is 10.00. The minimum absolute atomic E-state index is 0.0378. The number of aliphatic hydroxyl groups excluding tert-OH is 2. The molecule has 4 atom stereocenters. The summed E-state index contributed by atoms with van der Waals surface area (Å²) in [5, 5.41) is 19.1. The molecule has 31 heavy (non-hydrogen) atoms. The summed E-state index contributed by atoms with van der Waals surface area (Å²) in [7, 11) is 3.12. The van der Waals surface area contributed by atoms with Gasteiger partial charge in [0.15, 0.2) is 0 Å². The van der Waals surface area contributed by atoms with E-state index in [0.29, 0.717) is 12.1 Å². The summed E-state index contributed by atoms with van der Waals surface area (Å²) < 4.78 is 11.0. The Bertz CT molecular complexity index is 847. The van der Waals surface area contributed by atoms with Crippen LogP contribution in [0.3, 0.4) is 0 Å². The smallest absolute Gasteiger partial charge is 0.259 e. The molecule has 0 aliphatic carbocycles. The zero-order valence-electron chi connectivity index (χ0n) is 18.7. The molecule has 170 valence electrons. The first-order chi connectivity index (χ1) is 14.7. The van der Waals surface area contributed by atoms with Crippen LogP contribution < -0.4 is 4.74 Å². The molecule has 9 nitrogen and oxygen atoms in total. The molecule has 2 heterocycles. The average Bonchev–Trinajstić information content (AvgIpc) is 2.74. The zero-order chi connectivity index (χ0) is 23.1. The molecule has 0 radical (unpaired) electrons. The molecule has 2 amide bonds. The van der Waals surface area contributed by atoms with Gasteiger partial charge in [0, 0.05) is 38.4 Å². The van der Waals surface area contributed by atoms with Crippen LogP contribution in [0.1, 0.15) is 36.7 Å². The second-order valence-corrected chi connectivity index (χ2v) is 7.85. The number of rotatable bonds is 6. The maximum atomic E-state index is 13.3. The molecule has 0 spiro atoms. The van der Waals surface area contributed by atoms with Crippen molar-refractivity contribution in [2.45, 2.75) is 39.0 Å². The molecule has 0 fully saturated rings. The predicted octanol–water partition coefficient (Wildman–Crippen LogP) is 0.139. The molecule has 0 saturated heterocycles. The number of hydrogen-bond donors (Lipinski definition) is 2. The van der Waals surface area contributed by atoms with E-state index < -0.39 is 18.2 Å². The molecule has 9 heteroatoms. The van der Waals surface area contributed by atoms with Gasteiger partial charge in [-0.05, 0) is 19.9 Å². The predicted molar refractivity (Wildman–Crippen MR) is 113 cm³/mol. The Labute approximate surface area is 183 Å². The standard InChI is InChI=1S/C22H31N3O6/c1-14-10-25(15(2)12-26)22(29)18-8-17(7-6-16(3)27)9-23-21(18)31-19(14)11-24(4)20(28)13-30-5/h8-9,14-16,19,26-27H,10-13H2,1-5H3/t14-,15+,16+,19+/m0/s1. The highest BCUT2D eigenvalue weighted by molar-refractivity contribution is 5.97. The number of methoxy groups -OCH3 is 1. The number of fused-ring (bicyclic) bond motifs is 1. The van der Waals surface area contributed by atoms with Crippen LogP contribution in [0.25, 0.3) is 0 Å². The van der Waals surface area contributed by atoms with Crippen LogP contribution in [-0.2, 0) is 9.53 Å². The van der Waals surface area contributed by atoms with Crippen molar-refractivity contribution in [1.29, 1.82) is 0 Å². The van der Waals surface area contributed by atoms with Crippen LogP contribution in [0, 0.1) is 17.8 Å². The van der Waals surface area contributed by atoms with E-state index in [9.17, 15) is 19.8 Å². The lowest BCUT2D eigenvalue weighted by Crippen LogP contribution is -2.50. The highest BCUT2D eigenvalue weighted by Crippen LogP contribution is 2.27. The Morgan fingerprint density at radius 3 is 2.81 bits per heavy atom. The summed E-state index contributed by atoms with van der Waals surface area (Å²) in [6.45, 7) is 5.62. The number of pyridine rings is 1.